The Bertz CT molecular complexity index is 1450. The summed E-state index contributed by atoms with van der Waals surface area (Å²) in [6.07, 6.45) is -0.953. The fourth-order valence-electron chi connectivity index (χ4n) is 5.79. The van der Waals surface area contributed by atoms with Crippen LogP contribution in [0, 0.1) is 17.8 Å². The third-order valence-corrected chi connectivity index (χ3v) is 8.81. The molecule has 2 aliphatic carbocycles. The Balaban J connectivity index is 1.33. The molecule has 0 spiro atoms. The predicted octanol–water partition coefficient (Wildman–Crippen LogP) is 6.93. The molecule has 0 amide bonds. The number of thioether (sulfide) groups is 1. The highest BCUT2D eigenvalue weighted by atomic mass is 32.2. The van der Waals surface area contributed by atoms with E-state index in [4.69, 9.17) is 4.74 Å². The van der Waals surface area contributed by atoms with Crippen molar-refractivity contribution in [3.8, 4) is 0 Å². The number of allylic oxidation sites excluding steroid dienone is 1. The summed E-state index contributed by atoms with van der Waals surface area (Å²) in [6.45, 7) is 0. The zero-order chi connectivity index (χ0) is 26.8. The van der Waals surface area contributed by atoms with E-state index in [1.165, 1.54) is 11.8 Å². The molecule has 0 aromatic heterocycles. The number of benzene rings is 4. The second-order valence-electron chi connectivity index (χ2n) is 9.99. The van der Waals surface area contributed by atoms with Gasteiger partial charge in [-0.25, -0.2) is 4.79 Å². The third kappa shape index (κ3) is 4.96. The quantitative estimate of drug-likeness (QED) is 0.249. The Labute approximate surface area is 232 Å². The molecule has 0 heterocycles. The van der Waals surface area contributed by atoms with Crippen LogP contribution >= 0.6 is 11.8 Å². The van der Waals surface area contributed by atoms with Gasteiger partial charge in [-0.05, 0) is 41.2 Å². The maximum Gasteiger partial charge on any atom is 0.336 e. The van der Waals surface area contributed by atoms with Gasteiger partial charge in [0.05, 0.1) is 23.5 Å². The molecule has 0 bridgehead atoms. The molecule has 39 heavy (non-hydrogen) atoms. The fourth-order valence-corrected chi connectivity index (χ4v) is 6.96. The summed E-state index contributed by atoms with van der Waals surface area (Å²) >= 11 is 1.51. The monoisotopic (exact) mass is 532 g/mol. The third-order valence-electron chi connectivity index (χ3n) is 7.67. The lowest BCUT2D eigenvalue weighted by Crippen LogP contribution is -2.49. The minimum atomic E-state index is -0.903. The van der Waals surface area contributed by atoms with E-state index in [1.807, 2.05) is 121 Å². The van der Waals surface area contributed by atoms with Gasteiger partial charge < -0.3 is 9.84 Å². The van der Waals surface area contributed by atoms with Crippen LogP contribution in [0.25, 0.3) is 0 Å². The molecule has 1 saturated carbocycles. The number of carbonyl (C=O) groups is 2. The zero-order valence-electron chi connectivity index (χ0n) is 21.2. The van der Waals surface area contributed by atoms with Crippen LogP contribution in [-0.2, 0) is 14.3 Å². The lowest BCUT2D eigenvalue weighted by atomic mass is 9.60. The van der Waals surface area contributed by atoms with Crippen LogP contribution in [0.3, 0.4) is 0 Å². The molecule has 5 heteroatoms. The number of fused-ring (bicyclic) bond motifs is 1. The fraction of sp³-hybridized carbons (Fsp3) is 0.176. The maximum absolute atomic E-state index is 14.0. The van der Waals surface area contributed by atoms with Gasteiger partial charge in [-0.2, -0.15) is 0 Å². The standard InChI is InChI=1S/C34H28O4S/c35-31(22-13-5-1-6-14-22)29-26-21-27(39-25-19-11-4-12-20-25)30(28(26)32(29)36)34(37)38-33(23-15-7-2-8-16-23)24-17-9-3-10-18-24/h1-20,26,28-29,31,33,35H,21H2. The first kappa shape index (κ1) is 25.4. The molecular weight excluding hydrogens is 504 g/mol. The highest BCUT2D eigenvalue weighted by molar-refractivity contribution is 8.03. The molecule has 0 saturated heterocycles. The minimum absolute atomic E-state index is 0.0945. The highest BCUT2D eigenvalue weighted by Crippen LogP contribution is 2.58. The first-order chi connectivity index (χ1) is 19.1. The van der Waals surface area contributed by atoms with Crippen molar-refractivity contribution in [3.05, 3.63) is 148 Å². The molecule has 194 valence electrons. The summed E-state index contributed by atoms with van der Waals surface area (Å²) in [7, 11) is 0. The number of hydrogen-bond donors (Lipinski definition) is 1. The second kappa shape index (κ2) is 11.0. The lowest BCUT2D eigenvalue weighted by Gasteiger charge is -2.42. The van der Waals surface area contributed by atoms with Crippen LogP contribution in [0.2, 0.25) is 0 Å². The van der Waals surface area contributed by atoms with Crippen molar-refractivity contribution in [3.63, 3.8) is 0 Å². The van der Waals surface area contributed by atoms with Crippen molar-refractivity contribution in [2.75, 3.05) is 0 Å². The Kier molecular flexibility index (Phi) is 7.18. The molecule has 6 rings (SSSR count). The Hall–Kier alpha value is -3.93. The molecular formula is C34H28O4S. The number of esters is 1. The number of rotatable bonds is 8. The molecule has 0 aliphatic heterocycles. The van der Waals surface area contributed by atoms with Crippen LogP contribution in [-0.4, -0.2) is 16.9 Å². The zero-order valence-corrected chi connectivity index (χ0v) is 22.0. The number of aliphatic hydroxyl groups excluding tert-OH is 1. The second-order valence-corrected chi connectivity index (χ2v) is 11.2. The number of aliphatic hydroxyl groups is 1. The van der Waals surface area contributed by atoms with E-state index in [0.717, 1.165) is 26.5 Å². The Morgan fingerprint density at radius 1 is 0.744 bits per heavy atom. The smallest absolute Gasteiger partial charge is 0.336 e. The van der Waals surface area contributed by atoms with Gasteiger partial charge in [-0.15, -0.1) is 0 Å². The lowest BCUT2D eigenvalue weighted by molar-refractivity contribution is -0.153. The molecule has 4 aromatic carbocycles. The van der Waals surface area contributed by atoms with E-state index in [1.54, 1.807) is 0 Å². The number of ketones is 1. The molecule has 4 atom stereocenters. The highest BCUT2D eigenvalue weighted by Gasteiger charge is 2.60. The average molecular weight is 533 g/mol. The van der Waals surface area contributed by atoms with Crippen LogP contribution < -0.4 is 0 Å². The Morgan fingerprint density at radius 2 is 1.23 bits per heavy atom. The van der Waals surface area contributed by atoms with Crippen LogP contribution in [0.4, 0.5) is 0 Å². The molecule has 2 aliphatic rings. The van der Waals surface area contributed by atoms with Crippen molar-refractivity contribution in [1.82, 2.24) is 0 Å². The molecule has 1 fully saturated rings. The van der Waals surface area contributed by atoms with Crippen molar-refractivity contribution >= 4 is 23.5 Å². The normalized spacial score (nSPS) is 20.9. The van der Waals surface area contributed by atoms with Gasteiger partial charge in [0, 0.05) is 9.80 Å². The topological polar surface area (TPSA) is 63.6 Å². The molecule has 4 unspecified atom stereocenters. The van der Waals surface area contributed by atoms with E-state index in [-0.39, 0.29) is 11.7 Å². The largest absolute Gasteiger partial charge is 0.449 e. The van der Waals surface area contributed by atoms with Crippen molar-refractivity contribution in [2.24, 2.45) is 17.8 Å². The molecule has 0 radical (unpaired) electrons. The molecule has 4 aromatic rings. The van der Waals surface area contributed by atoms with E-state index in [9.17, 15) is 14.7 Å². The van der Waals surface area contributed by atoms with E-state index < -0.39 is 30.0 Å². The van der Waals surface area contributed by atoms with Gasteiger partial charge in [0.1, 0.15) is 5.78 Å². The van der Waals surface area contributed by atoms with Gasteiger partial charge in [-0.1, -0.05) is 121 Å². The summed E-state index contributed by atoms with van der Waals surface area (Å²) in [5, 5.41) is 11.1. The van der Waals surface area contributed by atoms with E-state index >= 15 is 0 Å². The maximum atomic E-state index is 14.0. The average Bonchev–Trinajstić information content (AvgIpc) is 3.31. The van der Waals surface area contributed by atoms with Gasteiger partial charge in [0.25, 0.3) is 0 Å². The Morgan fingerprint density at radius 3 is 1.77 bits per heavy atom. The number of ether oxygens (including phenoxy) is 1. The predicted molar refractivity (Wildman–Crippen MR) is 152 cm³/mol. The molecule has 4 nitrogen and oxygen atoms in total. The summed E-state index contributed by atoms with van der Waals surface area (Å²) in [5.41, 5.74) is 2.88. The minimum Gasteiger partial charge on any atom is -0.449 e. The van der Waals surface area contributed by atoms with Gasteiger partial charge >= 0.3 is 5.97 Å². The van der Waals surface area contributed by atoms with Gasteiger partial charge in [0.15, 0.2) is 6.10 Å². The van der Waals surface area contributed by atoms with Crippen molar-refractivity contribution in [2.45, 2.75) is 23.5 Å². The summed E-state index contributed by atoms with van der Waals surface area (Å²) in [6, 6.07) is 38.5. The number of Topliss-reactive ketones (excluding diaryl/α,β-unsaturated/α-hetero) is 1. The number of carbonyl (C=O) groups excluding carboxylic acids is 2. The van der Waals surface area contributed by atoms with Gasteiger partial charge in [0.2, 0.25) is 0 Å². The summed E-state index contributed by atoms with van der Waals surface area (Å²) in [4.78, 5) is 29.4. The van der Waals surface area contributed by atoms with E-state index in [2.05, 4.69) is 0 Å². The van der Waals surface area contributed by atoms with Crippen molar-refractivity contribution in [1.29, 1.82) is 0 Å². The summed E-state index contributed by atoms with van der Waals surface area (Å²) in [5.74, 6) is -1.83. The van der Waals surface area contributed by atoms with Crippen LogP contribution in [0.5, 0.6) is 0 Å². The summed E-state index contributed by atoms with van der Waals surface area (Å²) < 4.78 is 6.23. The van der Waals surface area contributed by atoms with Crippen LogP contribution in [0.1, 0.15) is 35.3 Å². The SMILES string of the molecule is O=C(OC(c1ccccc1)c1ccccc1)C1=C(Sc2ccccc2)CC2C1C(=O)C2C(O)c1ccccc1. The van der Waals surface area contributed by atoms with E-state index in [0.29, 0.717) is 12.0 Å². The first-order valence-corrected chi connectivity index (χ1v) is 14.0. The van der Waals surface area contributed by atoms with Crippen molar-refractivity contribution < 1.29 is 19.4 Å². The number of hydrogen-bond acceptors (Lipinski definition) is 5. The first-order valence-electron chi connectivity index (χ1n) is 13.2. The molecule has 1 N–H and O–H groups in total. The van der Waals surface area contributed by atoms with Crippen LogP contribution in [0.15, 0.2) is 137 Å². The van der Waals surface area contributed by atoms with Gasteiger partial charge in [-0.3, -0.25) is 4.79 Å².